The summed E-state index contributed by atoms with van der Waals surface area (Å²) in [5.74, 6) is -1.22. The van der Waals surface area contributed by atoms with E-state index in [0.29, 0.717) is 5.56 Å². The molecule has 68 valence electrons. The van der Waals surface area contributed by atoms with Gasteiger partial charge >= 0.3 is 5.97 Å². The fourth-order valence-corrected chi connectivity index (χ4v) is 1.09. The van der Waals surface area contributed by atoms with Crippen molar-refractivity contribution in [2.75, 3.05) is 5.33 Å². The smallest absolute Gasteiger partial charge is 0.354 e. The molecule has 0 radical (unpaired) electrons. The van der Waals surface area contributed by atoms with Crippen LogP contribution in [0.1, 0.15) is 20.8 Å². The van der Waals surface area contributed by atoms with Gasteiger partial charge in [0.25, 0.3) is 0 Å². The summed E-state index contributed by atoms with van der Waals surface area (Å²) in [6.45, 7) is 0. The van der Waals surface area contributed by atoms with Gasteiger partial charge in [-0.2, -0.15) is 0 Å². The number of Topliss-reactive ketones (excluding diaryl/α,β-unsaturated/α-hetero) is 1. The maximum Gasteiger partial charge on any atom is 0.354 e. The molecule has 1 rings (SSSR count). The van der Waals surface area contributed by atoms with Gasteiger partial charge < -0.3 is 5.11 Å². The van der Waals surface area contributed by atoms with Gasteiger partial charge in [-0.25, -0.2) is 9.78 Å². The number of carboxylic acid groups (broad SMARTS) is 1. The summed E-state index contributed by atoms with van der Waals surface area (Å²) >= 11 is 3.01. The maximum atomic E-state index is 11.1. The average molecular weight is 244 g/mol. The van der Waals surface area contributed by atoms with Crippen LogP contribution in [0, 0.1) is 0 Å². The van der Waals surface area contributed by atoms with Crippen molar-refractivity contribution in [2.24, 2.45) is 0 Å². The van der Waals surface area contributed by atoms with Crippen molar-refractivity contribution in [3.05, 3.63) is 29.6 Å². The third kappa shape index (κ3) is 2.35. The first kappa shape index (κ1) is 9.85. The first-order chi connectivity index (χ1) is 6.15. The number of aromatic carboxylic acids is 1. The van der Waals surface area contributed by atoms with Crippen LogP contribution in [0.25, 0.3) is 0 Å². The molecule has 1 N–H and O–H groups in total. The predicted molar refractivity (Wildman–Crippen MR) is 49.3 cm³/mol. The molecular formula is C8H6BrNO3. The fraction of sp³-hybridized carbons (Fsp3) is 0.125. The van der Waals surface area contributed by atoms with E-state index in [-0.39, 0.29) is 16.8 Å². The van der Waals surface area contributed by atoms with E-state index in [9.17, 15) is 9.59 Å². The number of aromatic nitrogens is 1. The molecule has 1 heterocycles. The Morgan fingerprint density at radius 2 is 2.15 bits per heavy atom. The predicted octanol–water partition coefficient (Wildman–Crippen LogP) is 1.36. The zero-order chi connectivity index (χ0) is 9.84. The lowest BCUT2D eigenvalue weighted by molar-refractivity contribution is 0.0690. The van der Waals surface area contributed by atoms with Gasteiger partial charge in [0.05, 0.1) is 5.33 Å². The van der Waals surface area contributed by atoms with Crippen molar-refractivity contribution in [2.45, 2.75) is 0 Å². The van der Waals surface area contributed by atoms with Crippen LogP contribution >= 0.6 is 15.9 Å². The van der Waals surface area contributed by atoms with Crippen LogP contribution in [0.4, 0.5) is 0 Å². The van der Waals surface area contributed by atoms with Gasteiger partial charge in [-0.1, -0.05) is 15.9 Å². The molecule has 0 aliphatic heterocycles. The minimum absolute atomic E-state index is 0.0638. The lowest BCUT2D eigenvalue weighted by Crippen LogP contribution is -2.04. The summed E-state index contributed by atoms with van der Waals surface area (Å²) < 4.78 is 0. The molecule has 0 fully saturated rings. The molecule has 4 nitrogen and oxygen atoms in total. The largest absolute Gasteiger partial charge is 0.477 e. The first-order valence-electron chi connectivity index (χ1n) is 3.43. The van der Waals surface area contributed by atoms with E-state index >= 15 is 0 Å². The first-order valence-corrected chi connectivity index (χ1v) is 4.56. The Hall–Kier alpha value is -1.23. The summed E-state index contributed by atoms with van der Waals surface area (Å²) in [5.41, 5.74) is 0.341. The quantitative estimate of drug-likeness (QED) is 0.643. The molecule has 0 atom stereocenters. The molecule has 0 aliphatic rings. The van der Waals surface area contributed by atoms with Gasteiger partial charge in [-0.3, -0.25) is 4.79 Å². The van der Waals surface area contributed by atoms with Crippen molar-refractivity contribution in [1.82, 2.24) is 4.98 Å². The van der Waals surface area contributed by atoms with Gasteiger partial charge in [0.15, 0.2) is 5.78 Å². The zero-order valence-corrected chi connectivity index (χ0v) is 8.11. The van der Waals surface area contributed by atoms with E-state index in [1.165, 1.54) is 18.3 Å². The summed E-state index contributed by atoms with van der Waals surface area (Å²) in [6.07, 6.45) is 1.26. The van der Waals surface area contributed by atoms with E-state index < -0.39 is 5.97 Å². The molecule has 0 unspecified atom stereocenters. The van der Waals surface area contributed by atoms with Crippen LogP contribution in [-0.2, 0) is 0 Å². The fourth-order valence-electron chi connectivity index (χ4n) is 0.762. The van der Waals surface area contributed by atoms with Crippen molar-refractivity contribution in [1.29, 1.82) is 0 Å². The third-order valence-corrected chi connectivity index (χ3v) is 1.94. The molecule has 5 heteroatoms. The van der Waals surface area contributed by atoms with E-state index in [1.54, 1.807) is 0 Å². The number of rotatable bonds is 3. The second-order valence-corrected chi connectivity index (χ2v) is 2.85. The van der Waals surface area contributed by atoms with Crippen LogP contribution in [0.2, 0.25) is 0 Å². The number of nitrogens with zero attached hydrogens (tertiary/aromatic N) is 1. The standard InChI is InChI=1S/C8H6BrNO3/c9-3-7(11)5-1-2-6(8(12)13)10-4-5/h1-2,4H,3H2,(H,12,13). The number of pyridine rings is 1. The monoisotopic (exact) mass is 243 g/mol. The van der Waals surface area contributed by atoms with Crippen LogP contribution in [0.3, 0.4) is 0 Å². The minimum atomic E-state index is -1.10. The Bertz CT molecular complexity index is 334. The summed E-state index contributed by atoms with van der Waals surface area (Å²) in [4.78, 5) is 25.1. The molecule has 1 aromatic heterocycles. The Labute approximate surface area is 82.7 Å². The molecule has 0 spiro atoms. The Kier molecular flexibility index (Phi) is 3.13. The minimum Gasteiger partial charge on any atom is -0.477 e. The number of ketones is 1. The van der Waals surface area contributed by atoms with Gasteiger partial charge in [-0.15, -0.1) is 0 Å². The number of alkyl halides is 1. The van der Waals surface area contributed by atoms with Gasteiger partial charge in [-0.05, 0) is 12.1 Å². The van der Waals surface area contributed by atoms with Crippen molar-refractivity contribution in [3.63, 3.8) is 0 Å². The molecule has 0 aliphatic carbocycles. The number of carbonyl (C=O) groups excluding carboxylic acids is 1. The SMILES string of the molecule is O=C(CBr)c1ccc(C(=O)O)nc1. The number of hydrogen-bond donors (Lipinski definition) is 1. The normalized spacial score (nSPS) is 9.62. The summed E-state index contributed by atoms with van der Waals surface area (Å²) in [5, 5.41) is 8.72. The highest BCUT2D eigenvalue weighted by atomic mass is 79.9. The van der Waals surface area contributed by atoms with Crippen LogP contribution in [0.15, 0.2) is 18.3 Å². The van der Waals surface area contributed by atoms with E-state index in [1.807, 2.05) is 0 Å². The third-order valence-electron chi connectivity index (χ3n) is 1.43. The van der Waals surface area contributed by atoms with Crippen molar-refractivity contribution in [3.8, 4) is 0 Å². The second kappa shape index (κ2) is 4.13. The van der Waals surface area contributed by atoms with Gasteiger partial charge in [0, 0.05) is 11.8 Å². The molecule has 0 amide bonds. The topological polar surface area (TPSA) is 67.3 Å². The highest BCUT2D eigenvalue weighted by Crippen LogP contribution is 2.03. The van der Waals surface area contributed by atoms with Gasteiger partial charge in [0.2, 0.25) is 0 Å². The van der Waals surface area contributed by atoms with Crippen LogP contribution < -0.4 is 0 Å². The molecular weight excluding hydrogens is 238 g/mol. The van der Waals surface area contributed by atoms with Crippen LogP contribution in [0.5, 0.6) is 0 Å². The number of carbonyl (C=O) groups is 2. The second-order valence-electron chi connectivity index (χ2n) is 2.29. The van der Waals surface area contributed by atoms with Crippen molar-refractivity contribution < 1.29 is 14.7 Å². The highest BCUT2D eigenvalue weighted by Gasteiger charge is 2.07. The lowest BCUT2D eigenvalue weighted by atomic mass is 10.2. The lowest BCUT2D eigenvalue weighted by Gasteiger charge is -1.96. The molecule has 0 saturated heterocycles. The molecule has 0 saturated carbocycles. The number of carboxylic acids is 1. The summed E-state index contributed by atoms with van der Waals surface area (Å²) in [6, 6.07) is 2.75. The van der Waals surface area contributed by atoms with E-state index in [4.69, 9.17) is 5.11 Å². The Morgan fingerprint density at radius 3 is 2.54 bits per heavy atom. The van der Waals surface area contributed by atoms with E-state index in [2.05, 4.69) is 20.9 Å². The Morgan fingerprint density at radius 1 is 1.46 bits per heavy atom. The van der Waals surface area contributed by atoms with Crippen molar-refractivity contribution >= 4 is 27.7 Å². The zero-order valence-electron chi connectivity index (χ0n) is 6.53. The molecule has 0 bridgehead atoms. The number of halogens is 1. The van der Waals surface area contributed by atoms with Gasteiger partial charge in [0.1, 0.15) is 5.69 Å². The van der Waals surface area contributed by atoms with Crippen LogP contribution in [-0.4, -0.2) is 27.2 Å². The molecule has 0 aromatic carbocycles. The Balaban J connectivity index is 2.93. The molecule has 13 heavy (non-hydrogen) atoms. The summed E-state index contributed by atoms with van der Waals surface area (Å²) in [7, 11) is 0. The maximum absolute atomic E-state index is 11.1. The average Bonchev–Trinajstić information content (AvgIpc) is 2.17. The van der Waals surface area contributed by atoms with E-state index in [0.717, 1.165) is 0 Å². The molecule has 1 aromatic rings. The number of hydrogen-bond acceptors (Lipinski definition) is 3. The highest BCUT2D eigenvalue weighted by molar-refractivity contribution is 9.09.